The summed E-state index contributed by atoms with van der Waals surface area (Å²) >= 11 is 0. The zero-order valence-electron chi connectivity index (χ0n) is 15.3. The molecule has 0 unspecified atom stereocenters. The Morgan fingerprint density at radius 1 is 0.700 bits per heavy atom. The molecule has 0 amide bonds. The molecule has 0 aliphatic heterocycles. The van der Waals surface area contributed by atoms with E-state index in [4.69, 9.17) is 0 Å². The van der Waals surface area contributed by atoms with Gasteiger partial charge in [-0.1, -0.05) is 71.6 Å². The van der Waals surface area contributed by atoms with Crippen LogP contribution < -0.4 is 0 Å². The van der Waals surface area contributed by atoms with Gasteiger partial charge in [0.15, 0.2) is 0 Å². The van der Waals surface area contributed by atoms with E-state index >= 15 is 0 Å². The van der Waals surface area contributed by atoms with Gasteiger partial charge in [0, 0.05) is 5.54 Å². The van der Waals surface area contributed by atoms with Crippen LogP contribution in [0.1, 0.15) is 98.8 Å². The Bertz CT molecular complexity index is 202. The number of hydrogen-bond donors (Lipinski definition) is 0. The SMILES string of the molecule is CC(C)CCCCCCCCCCCN(C)C(C)(C)C. The Morgan fingerprint density at radius 3 is 1.50 bits per heavy atom. The lowest BCUT2D eigenvalue weighted by Gasteiger charge is -2.31. The Balaban J connectivity index is 3.18. The van der Waals surface area contributed by atoms with E-state index < -0.39 is 0 Å². The van der Waals surface area contributed by atoms with Gasteiger partial charge >= 0.3 is 0 Å². The maximum atomic E-state index is 2.47. The van der Waals surface area contributed by atoms with E-state index in [9.17, 15) is 0 Å². The molecule has 0 fully saturated rings. The summed E-state index contributed by atoms with van der Waals surface area (Å²) in [7, 11) is 2.25. The zero-order valence-corrected chi connectivity index (χ0v) is 15.3. The summed E-state index contributed by atoms with van der Waals surface area (Å²) in [6.45, 7) is 12.8. The summed E-state index contributed by atoms with van der Waals surface area (Å²) in [5.41, 5.74) is 0.329. The molecule has 0 aromatic carbocycles. The molecule has 0 spiro atoms. The van der Waals surface area contributed by atoms with Crippen molar-refractivity contribution in [2.45, 2.75) is 104 Å². The Hall–Kier alpha value is -0.0400. The first kappa shape index (κ1) is 20.0. The predicted octanol–water partition coefficient (Wildman–Crippen LogP) is 6.27. The summed E-state index contributed by atoms with van der Waals surface area (Å²) in [5.74, 6) is 0.890. The highest BCUT2D eigenvalue weighted by Gasteiger charge is 2.15. The van der Waals surface area contributed by atoms with Crippen LogP contribution >= 0.6 is 0 Å². The van der Waals surface area contributed by atoms with Crippen molar-refractivity contribution in [1.82, 2.24) is 4.90 Å². The van der Waals surface area contributed by atoms with Gasteiger partial charge in [-0.3, -0.25) is 0 Å². The number of nitrogens with zero attached hydrogens (tertiary/aromatic N) is 1. The average molecular weight is 284 g/mol. The summed E-state index contributed by atoms with van der Waals surface area (Å²) in [6, 6.07) is 0. The van der Waals surface area contributed by atoms with E-state index in [1.165, 1.54) is 70.8 Å². The van der Waals surface area contributed by atoms with Gasteiger partial charge in [0.2, 0.25) is 0 Å². The Labute approximate surface area is 129 Å². The summed E-state index contributed by atoms with van der Waals surface area (Å²) in [5, 5.41) is 0. The second-order valence-corrected chi connectivity index (χ2v) is 7.96. The quantitative estimate of drug-likeness (QED) is 0.381. The minimum absolute atomic E-state index is 0.329. The van der Waals surface area contributed by atoms with E-state index in [2.05, 4.69) is 46.6 Å². The largest absolute Gasteiger partial charge is 0.302 e. The van der Waals surface area contributed by atoms with E-state index in [1.807, 2.05) is 0 Å². The highest BCUT2D eigenvalue weighted by molar-refractivity contribution is 4.72. The maximum absolute atomic E-state index is 2.47. The Kier molecular flexibility index (Phi) is 11.6. The maximum Gasteiger partial charge on any atom is 0.0122 e. The third kappa shape index (κ3) is 13.0. The van der Waals surface area contributed by atoms with Crippen molar-refractivity contribution >= 4 is 0 Å². The fourth-order valence-corrected chi connectivity index (χ4v) is 2.47. The topological polar surface area (TPSA) is 3.24 Å². The molecule has 0 bridgehead atoms. The molecule has 0 aliphatic rings. The molecule has 0 radical (unpaired) electrons. The lowest BCUT2D eigenvalue weighted by molar-refractivity contribution is 0.172. The van der Waals surface area contributed by atoms with Crippen LogP contribution in [0.4, 0.5) is 0 Å². The molecule has 20 heavy (non-hydrogen) atoms. The van der Waals surface area contributed by atoms with E-state index in [-0.39, 0.29) is 0 Å². The smallest absolute Gasteiger partial charge is 0.0122 e. The first-order valence-corrected chi connectivity index (χ1v) is 9.05. The number of hydrogen-bond acceptors (Lipinski definition) is 1. The van der Waals surface area contributed by atoms with Gasteiger partial charge in [0.25, 0.3) is 0 Å². The second-order valence-electron chi connectivity index (χ2n) is 7.96. The van der Waals surface area contributed by atoms with Gasteiger partial charge in [-0.25, -0.2) is 0 Å². The standard InChI is InChI=1S/C19H41N/c1-18(2)16-14-12-10-8-7-9-11-13-15-17-20(6)19(3,4)5/h18H,7-17H2,1-6H3. The van der Waals surface area contributed by atoms with Gasteiger partial charge in [-0.05, 0) is 46.7 Å². The third-order valence-electron chi connectivity index (χ3n) is 4.42. The van der Waals surface area contributed by atoms with Crippen molar-refractivity contribution in [3.8, 4) is 0 Å². The highest BCUT2D eigenvalue weighted by Crippen LogP contribution is 2.14. The fraction of sp³-hybridized carbons (Fsp3) is 1.00. The molecular weight excluding hydrogens is 242 g/mol. The molecule has 0 aliphatic carbocycles. The molecule has 0 N–H and O–H groups in total. The molecule has 0 aromatic rings. The Morgan fingerprint density at radius 2 is 1.10 bits per heavy atom. The van der Waals surface area contributed by atoms with Crippen LogP contribution in [0.3, 0.4) is 0 Å². The molecule has 0 saturated carbocycles. The molecule has 0 rings (SSSR count). The van der Waals surface area contributed by atoms with Crippen LogP contribution in [0.2, 0.25) is 0 Å². The highest BCUT2D eigenvalue weighted by atomic mass is 15.1. The summed E-state index contributed by atoms with van der Waals surface area (Å²) < 4.78 is 0. The van der Waals surface area contributed by atoms with Crippen LogP contribution in [-0.4, -0.2) is 24.0 Å². The lowest BCUT2D eigenvalue weighted by Crippen LogP contribution is -2.38. The molecule has 0 heterocycles. The monoisotopic (exact) mass is 283 g/mol. The van der Waals surface area contributed by atoms with E-state index in [0.717, 1.165) is 5.92 Å². The summed E-state index contributed by atoms with van der Waals surface area (Å²) in [4.78, 5) is 2.47. The molecule has 0 aromatic heterocycles. The second kappa shape index (κ2) is 11.6. The number of rotatable bonds is 12. The molecule has 0 saturated heterocycles. The van der Waals surface area contributed by atoms with Crippen LogP contribution in [0.5, 0.6) is 0 Å². The van der Waals surface area contributed by atoms with Gasteiger partial charge in [0.05, 0.1) is 0 Å². The summed E-state index contributed by atoms with van der Waals surface area (Å²) in [6.07, 6.45) is 14.3. The molecular formula is C19H41N. The van der Waals surface area contributed by atoms with Crippen molar-refractivity contribution in [1.29, 1.82) is 0 Å². The van der Waals surface area contributed by atoms with Crippen LogP contribution in [0.25, 0.3) is 0 Å². The average Bonchev–Trinajstić information content (AvgIpc) is 2.34. The van der Waals surface area contributed by atoms with Crippen LogP contribution in [-0.2, 0) is 0 Å². The van der Waals surface area contributed by atoms with E-state index in [0.29, 0.717) is 5.54 Å². The van der Waals surface area contributed by atoms with Crippen molar-refractivity contribution < 1.29 is 0 Å². The first-order valence-electron chi connectivity index (χ1n) is 9.05. The minimum Gasteiger partial charge on any atom is -0.302 e. The van der Waals surface area contributed by atoms with Gasteiger partial charge in [-0.2, -0.15) is 0 Å². The van der Waals surface area contributed by atoms with Gasteiger partial charge in [0.1, 0.15) is 0 Å². The molecule has 122 valence electrons. The predicted molar refractivity (Wildman–Crippen MR) is 93.4 cm³/mol. The minimum atomic E-state index is 0.329. The third-order valence-corrected chi connectivity index (χ3v) is 4.42. The number of unbranched alkanes of at least 4 members (excludes halogenated alkanes) is 8. The van der Waals surface area contributed by atoms with Crippen LogP contribution in [0.15, 0.2) is 0 Å². The van der Waals surface area contributed by atoms with Crippen molar-refractivity contribution in [2.24, 2.45) is 5.92 Å². The van der Waals surface area contributed by atoms with Crippen LogP contribution in [0, 0.1) is 5.92 Å². The first-order chi connectivity index (χ1) is 9.34. The molecule has 1 heteroatoms. The molecule has 0 atom stereocenters. The van der Waals surface area contributed by atoms with Crippen molar-refractivity contribution in [3.63, 3.8) is 0 Å². The van der Waals surface area contributed by atoms with Crippen molar-refractivity contribution in [2.75, 3.05) is 13.6 Å². The fourth-order valence-electron chi connectivity index (χ4n) is 2.47. The molecule has 1 nitrogen and oxygen atoms in total. The van der Waals surface area contributed by atoms with Crippen molar-refractivity contribution in [3.05, 3.63) is 0 Å². The van der Waals surface area contributed by atoms with Gasteiger partial charge in [-0.15, -0.1) is 0 Å². The lowest BCUT2D eigenvalue weighted by atomic mass is 10.0. The zero-order chi connectivity index (χ0) is 15.4. The van der Waals surface area contributed by atoms with Gasteiger partial charge < -0.3 is 4.90 Å². The van der Waals surface area contributed by atoms with E-state index in [1.54, 1.807) is 0 Å². The normalized spacial score (nSPS) is 12.6.